The summed E-state index contributed by atoms with van der Waals surface area (Å²) in [5.74, 6) is 0.443. The summed E-state index contributed by atoms with van der Waals surface area (Å²) >= 11 is 0. The smallest absolute Gasteiger partial charge is 0.240 e. The third-order valence-corrected chi connectivity index (χ3v) is 5.12. The summed E-state index contributed by atoms with van der Waals surface area (Å²) in [5, 5.41) is 0. The van der Waals surface area contributed by atoms with Crippen molar-refractivity contribution in [3.63, 3.8) is 0 Å². The Kier molecular flexibility index (Phi) is 4.68. The lowest BCUT2D eigenvalue weighted by atomic mass is 9.72. The highest BCUT2D eigenvalue weighted by atomic mass is 16.2. The van der Waals surface area contributed by atoms with Crippen molar-refractivity contribution >= 4 is 11.8 Å². The number of hydrogen-bond acceptors (Lipinski definition) is 3. The van der Waals surface area contributed by atoms with E-state index in [-0.39, 0.29) is 23.8 Å². The molecule has 2 rings (SSSR count). The van der Waals surface area contributed by atoms with Gasteiger partial charge in [0.25, 0.3) is 0 Å². The van der Waals surface area contributed by atoms with Crippen LogP contribution in [0.3, 0.4) is 0 Å². The molecule has 5 nitrogen and oxygen atoms in total. The van der Waals surface area contributed by atoms with Crippen molar-refractivity contribution in [2.75, 3.05) is 6.54 Å². The Morgan fingerprint density at radius 3 is 2.45 bits per heavy atom. The molecule has 1 heterocycles. The molecule has 1 saturated carbocycles. The lowest BCUT2D eigenvalue weighted by Gasteiger charge is -2.41. The molecule has 5 unspecified atom stereocenters. The molecule has 1 saturated heterocycles. The first kappa shape index (κ1) is 15.3. The minimum atomic E-state index is -0.418. The molecule has 2 aliphatic rings. The van der Waals surface area contributed by atoms with Crippen LogP contribution >= 0.6 is 0 Å². The van der Waals surface area contributed by atoms with Gasteiger partial charge < -0.3 is 16.4 Å². The summed E-state index contributed by atoms with van der Waals surface area (Å²) in [7, 11) is 0. The summed E-state index contributed by atoms with van der Waals surface area (Å²) < 4.78 is 0. The Bertz CT molecular complexity index is 385. The van der Waals surface area contributed by atoms with Crippen LogP contribution < -0.4 is 11.5 Å². The number of piperidine rings is 1. The van der Waals surface area contributed by atoms with Crippen LogP contribution in [0.25, 0.3) is 0 Å². The molecule has 114 valence electrons. The first-order chi connectivity index (χ1) is 9.41. The number of amides is 2. The number of nitrogens with zero attached hydrogens (tertiary/aromatic N) is 1. The third kappa shape index (κ3) is 2.97. The second-order valence-electron chi connectivity index (χ2n) is 6.64. The number of likely N-dealkylation sites (tertiary alicyclic amines) is 1. The van der Waals surface area contributed by atoms with Crippen LogP contribution in [0.2, 0.25) is 0 Å². The van der Waals surface area contributed by atoms with Gasteiger partial charge in [-0.05, 0) is 43.9 Å². The Hall–Kier alpha value is -1.10. The largest absolute Gasteiger partial charge is 0.368 e. The molecule has 5 atom stereocenters. The van der Waals surface area contributed by atoms with E-state index in [0.29, 0.717) is 24.8 Å². The fraction of sp³-hybridized carbons (Fsp3) is 0.867. The van der Waals surface area contributed by atoms with E-state index in [9.17, 15) is 9.59 Å². The van der Waals surface area contributed by atoms with Gasteiger partial charge in [0.2, 0.25) is 11.8 Å². The Morgan fingerprint density at radius 1 is 1.10 bits per heavy atom. The number of primary amides is 1. The average molecular weight is 281 g/mol. The van der Waals surface area contributed by atoms with Gasteiger partial charge in [0.15, 0.2) is 0 Å². The van der Waals surface area contributed by atoms with Crippen LogP contribution in [0.5, 0.6) is 0 Å². The maximum Gasteiger partial charge on any atom is 0.240 e. The normalized spacial score (nSPS) is 38.5. The zero-order chi connectivity index (χ0) is 14.9. The Balaban J connectivity index is 2.10. The minimum absolute atomic E-state index is 0.0545. The Labute approximate surface area is 121 Å². The second-order valence-corrected chi connectivity index (χ2v) is 6.64. The molecule has 0 aromatic carbocycles. The molecule has 0 spiro atoms. The molecule has 20 heavy (non-hydrogen) atoms. The lowest BCUT2D eigenvalue weighted by Crippen LogP contribution is -2.54. The molecule has 0 aromatic heterocycles. The van der Waals surface area contributed by atoms with Crippen LogP contribution in [0, 0.1) is 17.8 Å². The molecule has 2 amide bonds. The zero-order valence-corrected chi connectivity index (χ0v) is 12.5. The van der Waals surface area contributed by atoms with E-state index in [0.717, 1.165) is 25.7 Å². The molecule has 0 bridgehead atoms. The summed E-state index contributed by atoms with van der Waals surface area (Å²) in [6, 6.07) is -0.337. The van der Waals surface area contributed by atoms with Crippen LogP contribution in [-0.2, 0) is 9.59 Å². The van der Waals surface area contributed by atoms with E-state index >= 15 is 0 Å². The zero-order valence-electron chi connectivity index (χ0n) is 12.5. The van der Waals surface area contributed by atoms with Crippen LogP contribution in [0.4, 0.5) is 0 Å². The van der Waals surface area contributed by atoms with Gasteiger partial charge in [0, 0.05) is 18.5 Å². The van der Waals surface area contributed by atoms with E-state index in [4.69, 9.17) is 11.5 Å². The van der Waals surface area contributed by atoms with E-state index in [1.54, 1.807) is 4.90 Å². The van der Waals surface area contributed by atoms with Gasteiger partial charge in [0.05, 0.1) is 0 Å². The fourth-order valence-corrected chi connectivity index (χ4v) is 3.73. The van der Waals surface area contributed by atoms with E-state index in [1.165, 1.54) is 0 Å². The molecule has 4 N–H and O–H groups in total. The molecule has 0 aromatic rings. The molecule has 0 radical (unpaired) electrons. The van der Waals surface area contributed by atoms with Gasteiger partial charge in [0.1, 0.15) is 6.04 Å². The standard InChI is InChI=1S/C15H27N3O2/c1-9-7-10(2)12(16)8-11(9)15(20)18-6-4-3-5-13(18)14(17)19/h9-13H,3-8,16H2,1-2H3,(H2,17,19). The second kappa shape index (κ2) is 6.12. The maximum absolute atomic E-state index is 12.8. The van der Waals surface area contributed by atoms with Crippen LogP contribution in [0.1, 0.15) is 46.0 Å². The average Bonchev–Trinajstić information content (AvgIpc) is 2.42. The van der Waals surface area contributed by atoms with Crippen molar-refractivity contribution in [2.24, 2.45) is 29.2 Å². The van der Waals surface area contributed by atoms with Crippen LogP contribution in [0.15, 0.2) is 0 Å². The fourth-order valence-electron chi connectivity index (χ4n) is 3.73. The first-order valence-electron chi connectivity index (χ1n) is 7.77. The van der Waals surface area contributed by atoms with Crippen molar-refractivity contribution in [3.8, 4) is 0 Å². The van der Waals surface area contributed by atoms with Gasteiger partial charge in [-0.25, -0.2) is 0 Å². The number of carbonyl (C=O) groups is 2. The van der Waals surface area contributed by atoms with Crippen molar-refractivity contribution in [3.05, 3.63) is 0 Å². The number of nitrogens with two attached hydrogens (primary N) is 2. The number of rotatable bonds is 2. The predicted molar refractivity (Wildman–Crippen MR) is 77.6 cm³/mol. The monoisotopic (exact) mass is 281 g/mol. The quantitative estimate of drug-likeness (QED) is 0.786. The van der Waals surface area contributed by atoms with Gasteiger partial charge in [-0.2, -0.15) is 0 Å². The number of hydrogen-bond donors (Lipinski definition) is 2. The van der Waals surface area contributed by atoms with Gasteiger partial charge in [-0.3, -0.25) is 9.59 Å². The molecular weight excluding hydrogens is 254 g/mol. The summed E-state index contributed by atoms with van der Waals surface area (Å²) in [6.45, 7) is 4.92. The third-order valence-electron chi connectivity index (χ3n) is 5.12. The highest BCUT2D eigenvalue weighted by molar-refractivity contribution is 5.88. The van der Waals surface area contributed by atoms with Gasteiger partial charge in [-0.15, -0.1) is 0 Å². The number of carbonyl (C=O) groups excluding carboxylic acids is 2. The maximum atomic E-state index is 12.8. The SMILES string of the molecule is CC1CC(C)C(C(=O)N2CCCCC2C(N)=O)CC1N. The van der Waals surface area contributed by atoms with Gasteiger partial charge >= 0.3 is 0 Å². The van der Waals surface area contributed by atoms with Crippen molar-refractivity contribution in [1.82, 2.24) is 4.90 Å². The van der Waals surface area contributed by atoms with Crippen molar-refractivity contribution in [1.29, 1.82) is 0 Å². The highest BCUT2D eigenvalue weighted by Gasteiger charge is 2.40. The van der Waals surface area contributed by atoms with E-state index < -0.39 is 6.04 Å². The van der Waals surface area contributed by atoms with Gasteiger partial charge in [-0.1, -0.05) is 13.8 Å². The molecular formula is C15H27N3O2. The molecule has 1 aliphatic heterocycles. The van der Waals surface area contributed by atoms with Crippen LogP contribution in [-0.4, -0.2) is 35.3 Å². The van der Waals surface area contributed by atoms with Crippen molar-refractivity contribution < 1.29 is 9.59 Å². The van der Waals surface area contributed by atoms with E-state index in [1.807, 2.05) is 0 Å². The molecule has 2 fully saturated rings. The molecule has 5 heteroatoms. The summed E-state index contributed by atoms with van der Waals surface area (Å²) in [6.07, 6.45) is 4.33. The van der Waals surface area contributed by atoms with Crippen molar-refractivity contribution in [2.45, 2.75) is 58.0 Å². The topological polar surface area (TPSA) is 89.4 Å². The highest BCUT2D eigenvalue weighted by Crippen LogP contribution is 2.35. The Morgan fingerprint density at radius 2 is 1.80 bits per heavy atom. The van der Waals surface area contributed by atoms with E-state index in [2.05, 4.69) is 13.8 Å². The minimum Gasteiger partial charge on any atom is -0.368 e. The molecule has 1 aliphatic carbocycles. The predicted octanol–water partition coefficient (Wildman–Crippen LogP) is 0.862. The lowest BCUT2D eigenvalue weighted by molar-refractivity contribution is -0.147. The first-order valence-corrected chi connectivity index (χ1v) is 7.77. The summed E-state index contributed by atoms with van der Waals surface area (Å²) in [5.41, 5.74) is 11.6. The summed E-state index contributed by atoms with van der Waals surface area (Å²) in [4.78, 5) is 26.1.